The van der Waals surface area contributed by atoms with E-state index in [2.05, 4.69) is 16.0 Å². The minimum atomic E-state index is -0.165. The van der Waals surface area contributed by atoms with E-state index in [1.165, 1.54) is 0 Å². The number of aryl methyl sites for hydroxylation is 1. The molecule has 0 unspecified atom stereocenters. The second-order valence-electron chi connectivity index (χ2n) is 5.02. The van der Waals surface area contributed by atoms with Crippen molar-refractivity contribution in [2.45, 2.75) is 33.2 Å². The molecule has 1 aromatic carbocycles. The van der Waals surface area contributed by atoms with Gasteiger partial charge in [-0.25, -0.2) is 0 Å². The molecule has 0 saturated heterocycles. The van der Waals surface area contributed by atoms with E-state index in [1.807, 2.05) is 26.8 Å². The predicted octanol–water partition coefficient (Wildman–Crippen LogP) is 1.68. The highest BCUT2D eigenvalue weighted by molar-refractivity contribution is 5.97. The highest BCUT2D eigenvalue weighted by atomic mass is 16.2. The number of rotatable bonds is 6. The number of nitrogens with one attached hydrogen (secondary N) is 3. The van der Waals surface area contributed by atoms with Crippen LogP contribution in [0.1, 0.15) is 36.2 Å². The molecule has 110 valence electrons. The maximum Gasteiger partial charge on any atom is 0.251 e. The van der Waals surface area contributed by atoms with Gasteiger partial charge in [-0.2, -0.15) is 0 Å². The van der Waals surface area contributed by atoms with Crippen LogP contribution in [0.4, 0.5) is 5.69 Å². The minimum absolute atomic E-state index is 0.0599. The molecule has 1 aromatic rings. The lowest BCUT2D eigenvalue weighted by molar-refractivity contribution is -0.116. The molecule has 0 aliphatic heterocycles. The summed E-state index contributed by atoms with van der Waals surface area (Å²) in [6, 6.07) is 5.62. The topological polar surface area (TPSA) is 70.2 Å². The van der Waals surface area contributed by atoms with Crippen molar-refractivity contribution in [1.29, 1.82) is 0 Å². The zero-order valence-corrected chi connectivity index (χ0v) is 12.5. The highest BCUT2D eigenvalue weighted by Crippen LogP contribution is 2.17. The fraction of sp³-hybridized carbons (Fsp3) is 0.467. The van der Waals surface area contributed by atoms with Gasteiger partial charge in [0, 0.05) is 37.3 Å². The van der Waals surface area contributed by atoms with Gasteiger partial charge in [-0.3, -0.25) is 9.59 Å². The first-order chi connectivity index (χ1) is 9.43. The van der Waals surface area contributed by atoms with Crippen LogP contribution in [-0.2, 0) is 4.79 Å². The van der Waals surface area contributed by atoms with Crippen LogP contribution >= 0.6 is 0 Å². The van der Waals surface area contributed by atoms with Gasteiger partial charge in [0.1, 0.15) is 0 Å². The molecule has 0 aromatic heterocycles. The Hall–Kier alpha value is -1.88. The molecule has 2 amide bonds. The van der Waals surface area contributed by atoms with E-state index >= 15 is 0 Å². The lowest BCUT2D eigenvalue weighted by Gasteiger charge is -2.11. The lowest BCUT2D eigenvalue weighted by atomic mass is 10.1. The third-order valence-electron chi connectivity index (χ3n) is 2.91. The molecule has 3 N–H and O–H groups in total. The summed E-state index contributed by atoms with van der Waals surface area (Å²) in [6.07, 6.45) is 0.405. The van der Waals surface area contributed by atoms with Crippen molar-refractivity contribution in [3.05, 3.63) is 29.3 Å². The molecule has 0 radical (unpaired) electrons. The van der Waals surface area contributed by atoms with E-state index in [0.29, 0.717) is 30.3 Å². The Morgan fingerprint density at radius 3 is 2.55 bits per heavy atom. The van der Waals surface area contributed by atoms with Gasteiger partial charge in [0.2, 0.25) is 5.91 Å². The fourth-order valence-electron chi connectivity index (χ4n) is 1.73. The van der Waals surface area contributed by atoms with E-state index in [-0.39, 0.29) is 11.8 Å². The fourth-order valence-corrected chi connectivity index (χ4v) is 1.73. The van der Waals surface area contributed by atoms with Crippen LogP contribution < -0.4 is 16.0 Å². The van der Waals surface area contributed by atoms with Crippen molar-refractivity contribution < 1.29 is 9.59 Å². The lowest BCUT2D eigenvalue weighted by Crippen LogP contribution is -2.27. The summed E-state index contributed by atoms with van der Waals surface area (Å²) in [7, 11) is 1.58. The molecular weight excluding hydrogens is 254 g/mol. The zero-order chi connectivity index (χ0) is 15.1. The van der Waals surface area contributed by atoms with Crippen LogP contribution in [-0.4, -0.2) is 31.4 Å². The smallest absolute Gasteiger partial charge is 0.251 e. The van der Waals surface area contributed by atoms with Gasteiger partial charge in [-0.1, -0.05) is 19.9 Å². The van der Waals surface area contributed by atoms with Crippen molar-refractivity contribution >= 4 is 17.5 Å². The summed E-state index contributed by atoms with van der Waals surface area (Å²) < 4.78 is 0. The van der Waals surface area contributed by atoms with Gasteiger partial charge in [0.05, 0.1) is 0 Å². The number of amides is 2. The summed E-state index contributed by atoms with van der Waals surface area (Å²) in [4.78, 5) is 23.4. The van der Waals surface area contributed by atoms with Crippen molar-refractivity contribution in [3.63, 3.8) is 0 Å². The number of hydrogen-bond donors (Lipinski definition) is 3. The van der Waals surface area contributed by atoms with E-state index in [1.54, 1.807) is 19.2 Å². The van der Waals surface area contributed by atoms with Crippen LogP contribution in [0, 0.1) is 6.92 Å². The van der Waals surface area contributed by atoms with Crippen molar-refractivity contribution in [3.8, 4) is 0 Å². The van der Waals surface area contributed by atoms with E-state index < -0.39 is 0 Å². The third-order valence-corrected chi connectivity index (χ3v) is 2.91. The first kappa shape index (κ1) is 16.2. The number of anilines is 1. The van der Waals surface area contributed by atoms with E-state index in [9.17, 15) is 9.59 Å². The first-order valence-corrected chi connectivity index (χ1v) is 6.80. The number of carbonyl (C=O) groups excluding carboxylic acids is 2. The Kier molecular flexibility index (Phi) is 6.18. The summed E-state index contributed by atoms with van der Waals surface area (Å²) >= 11 is 0. The Bertz CT molecular complexity index is 484. The minimum Gasteiger partial charge on any atom is -0.355 e. The van der Waals surface area contributed by atoms with Gasteiger partial charge in [0.25, 0.3) is 5.91 Å². The summed E-state index contributed by atoms with van der Waals surface area (Å²) in [5, 5.41) is 8.60. The SMILES string of the molecule is CNC(=O)c1ccc(C)c(NC(=O)CCNC(C)C)c1. The van der Waals surface area contributed by atoms with Crippen LogP contribution in [0.5, 0.6) is 0 Å². The predicted molar refractivity (Wildman–Crippen MR) is 81.0 cm³/mol. The van der Waals surface area contributed by atoms with Crippen molar-refractivity contribution in [1.82, 2.24) is 10.6 Å². The Labute approximate surface area is 120 Å². The Morgan fingerprint density at radius 1 is 1.25 bits per heavy atom. The average molecular weight is 277 g/mol. The van der Waals surface area contributed by atoms with Gasteiger partial charge >= 0.3 is 0 Å². The van der Waals surface area contributed by atoms with Crippen LogP contribution in [0.25, 0.3) is 0 Å². The second-order valence-corrected chi connectivity index (χ2v) is 5.02. The molecule has 0 saturated carbocycles. The van der Waals surface area contributed by atoms with Crippen molar-refractivity contribution in [2.24, 2.45) is 0 Å². The number of benzene rings is 1. The van der Waals surface area contributed by atoms with Crippen LogP contribution in [0.2, 0.25) is 0 Å². The van der Waals surface area contributed by atoms with Crippen molar-refractivity contribution in [2.75, 3.05) is 18.9 Å². The molecule has 1 rings (SSSR count). The normalized spacial score (nSPS) is 10.4. The Morgan fingerprint density at radius 2 is 1.95 bits per heavy atom. The molecule has 5 heteroatoms. The molecular formula is C15H23N3O2. The number of carbonyl (C=O) groups is 2. The molecule has 0 aliphatic rings. The number of hydrogen-bond acceptors (Lipinski definition) is 3. The zero-order valence-electron chi connectivity index (χ0n) is 12.5. The van der Waals surface area contributed by atoms with E-state index in [4.69, 9.17) is 0 Å². The molecule has 0 bridgehead atoms. The van der Waals surface area contributed by atoms with Gasteiger partial charge < -0.3 is 16.0 Å². The van der Waals surface area contributed by atoms with Crippen LogP contribution in [0.15, 0.2) is 18.2 Å². The standard InChI is InChI=1S/C15H23N3O2/c1-10(2)17-8-7-14(19)18-13-9-12(15(20)16-4)6-5-11(13)3/h5-6,9-10,17H,7-8H2,1-4H3,(H,16,20)(H,18,19). The maximum atomic E-state index is 11.8. The largest absolute Gasteiger partial charge is 0.355 e. The summed E-state index contributed by atoms with van der Waals surface area (Å²) in [5.41, 5.74) is 2.15. The molecule has 0 fully saturated rings. The molecule has 0 spiro atoms. The molecule has 0 atom stereocenters. The molecule has 20 heavy (non-hydrogen) atoms. The maximum absolute atomic E-state index is 11.8. The average Bonchev–Trinajstić information content (AvgIpc) is 2.40. The summed E-state index contributed by atoms with van der Waals surface area (Å²) in [5.74, 6) is -0.225. The van der Waals surface area contributed by atoms with Gasteiger partial charge in [0.15, 0.2) is 0 Å². The Balaban J connectivity index is 2.66. The molecule has 0 heterocycles. The van der Waals surface area contributed by atoms with E-state index in [0.717, 1.165) is 5.56 Å². The summed E-state index contributed by atoms with van der Waals surface area (Å²) in [6.45, 7) is 6.61. The van der Waals surface area contributed by atoms with Crippen LogP contribution in [0.3, 0.4) is 0 Å². The first-order valence-electron chi connectivity index (χ1n) is 6.80. The molecule has 5 nitrogen and oxygen atoms in total. The molecule has 0 aliphatic carbocycles. The monoisotopic (exact) mass is 277 g/mol. The quantitative estimate of drug-likeness (QED) is 0.741. The third kappa shape index (κ3) is 5.01. The highest BCUT2D eigenvalue weighted by Gasteiger charge is 2.09. The van der Waals surface area contributed by atoms with Gasteiger partial charge in [-0.05, 0) is 24.6 Å². The van der Waals surface area contributed by atoms with Gasteiger partial charge in [-0.15, -0.1) is 0 Å². The second kappa shape index (κ2) is 7.65.